The Kier molecular flexibility index (Phi) is 10.6. The Bertz CT molecular complexity index is 1480. The molecule has 3 aromatic carbocycles. The van der Waals surface area contributed by atoms with Gasteiger partial charge in [0.15, 0.2) is 0 Å². The number of nitrogens with zero attached hydrogens (tertiary/aromatic N) is 3. The second kappa shape index (κ2) is 14.5. The van der Waals surface area contributed by atoms with Gasteiger partial charge in [0.2, 0.25) is 5.91 Å². The first-order chi connectivity index (χ1) is 20.7. The van der Waals surface area contributed by atoms with Gasteiger partial charge in [-0.1, -0.05) is 54.6 Å². The number of benzene rings is 3. The first-order valence-corrected chi connectivity index (χ1v) is 14.0. The number of hydrogen-bond donors (Lipinski definition) is 1. The molecule has 4 rings (SSSR count). The lowest BCUT2D eigenvalue weighted by atomic mass is 9.88. The second-order valence-electron chi connectivity index (χ2n) is 10.3. The summed E-state index contributed by atoms with van der Waals surface area (Å²) < 4.78 is 44.6. The monoisotopic (exact) mass is 590 g/mol. The fourth-order valence-electron chi connectivity index (χ4n) is 5.07. The van der Waals surface area contributed by atoms with E-state index < -0.39 is 12.1 Å². The molecular weight excluding hydrogens is 557 g/mol. The van der Waals surface area contributed by atoms with E-state index in [1.807, 2.05) is 65.6 Å². The summed E-state index contributed by atoms with van der Waals surface area (Å²) in [6, 6.07) is 24.7. The quantitative estimate of drug-likeness (QED) is 0.210. The van der Waals surface area contributed by atoms with E-state index in [0.717, 1.165) is 21.7 Å². The van der Waals surface area contributed by atoms with Crippen LogP contribution in [-0.2, 0) is 20.9 Å². The number of hydrogen-bond acceptors (Lipinski definition) is 5. The van der Waals surface area contributed by atoms with Crippen molar-refractivity contribution in [2.24, 2.45) is 0 Å². The van der Waals surface area contributed by atoms with Gasteiger partial charge in [0.1, 0.15) is 0 Å². The van der Waals surface area contributed by atoms with Crippen molar-refractivity contribution < 1.29 is 27.5 Å². The van der Waals surface area contributed by atoms with Gasteiger partial charge in [-0.05, 0) is 60.2 Å². The molecule has 0 atom stereocenters. The first kappa shape index (κ1) is 31.3. The summed E-state index contributed by atoms with van der Waals surface area (Å²) in [7, 11) is 0. The standard InChI is InChI=1S/C33H33F3N4O3/c1-24(41)38-30-13-12-28(27-14-17-39(18-15-27)32(42)33(34,35)36)21-31(30)40(29-11-7-10-26(20-29)22-37)16-5-6-19-43-23-25-8-3-2-4-9-25/h2-13,20-21,27H,14-19,23H2,1H3,(H,38,41)/b6-5+. The highest BCUT2D eigenvalue weighted by Gasteiger charge is 2.43. The van der Waals surface area contributed by atoms with Crippen LogP contribution in [0.3, 0.4) is 0 Å². The highest BCUT2D eigenvalue weighted by Crippen LogP contribution is 2.38. The van der Waals surface area contributed by atoms with Crippen molar-refractivity contribution in [3.05, 3.63) is 102 Å². The average molecular weight is 591 g/mol. The highest BCUT2D eigenvalue weighted by molar-refractivity contribution is 5.94. The number of halogens is 3. The molecule has 0 saturated carbocycles. The van der Waals surface area contributed by atoms with E-state index in [2.05, 4.69) is 11.4 Å². The molecule has 3 aromatic rings. The molecule has 1 aliphatic heterocycles. The second-order valence-corrected chi connectivity index (χ2v) is 10.3. The number of alkyl halides is 3. The largest absolute Gasteiger partial charge is 0.471 e. The van der Waals surface area contributed by atoms with Gasteiger partial charge in [0.05, 0.1) is 36.2 Å². The van der Waals surface area contributed by atoms with Crippen molar-refractivity contribution in [1.82, 2.24) is 4.90 Å². The number of piperidine rings is 1. The minimum Gasteiger partial charge on any atom is -0.373 e. The molecule has 1 saturated heterocycles. The molecule has 224 valence electrons. The van der Waals surface area contributed by atoms with Gasteiger partial charge in [-0.15, -0.1) is 0 Å². The number of nitriles is 1. The fourth-order valence-corrected chi connectivity index (χ4v) is 5.07. The van der Waals surface area contributed by atoms with E-state index in [4.69, 9.17) is 4.74 Å². The van der Waals surface area contributed by atoms with Crippen molar-refractivity contribution in [1.29, 1.82) is 5.26 Å². The van der Waals surface area contributed by atoms with Crippen LogP contribution in [0.15, 0.2) is 84.9 Å². The summed E-state index contributed by atoms with van der Waals surface area (Å²) in [5, 5.41) is 12.4. The number of carbonyl (C=O) groups is 2. The van der Waals surface area contributed by atoms with Crippen molar-refractivity contribution in [3.63, 3.8) is 0 Å². The number of ether oxygens (including phenoxy) is 1. The smallest absolute Gasteiger partial charge is 0.373 e. The van der Waals surface area contributed by atoms with Gasteiger partial charge in [0, 0.05) is 32.2 Å². The zero-order valence-electron chi connectivity index (χ0n) is 23.8. The van der Waals surface area contributed by atoms with Gasteiger partial charge in [0.25, 0.3) is 0 Å². The summed E-state index contributed by atoms with van der Waals surface area (Å²) in [6.07, 6.45) is -0.292. The van der Waals surface area contributed by atoms with E-state index in [-0.39, 0.29) is 24.9 Å². The molecular formula is C33H33F3N4O3. The van der Waals surface area contributed by atoms with Gasteiger partial charge in [-0.2, -0.15) is 18.4 Å². The molecule has 1 aliphatic rings. The zero-order chi connectivity index (χ0) is 30.8. The Morgan fingerprint density at radius 2 is 1.79 bits per heavy atom. The van der Waals surface area contributed by atoms with E-state index in [9.17, 15) is 28.0 Å². The summed E-state index contributed by atoms with van der Waals surface area (Å²) in [6.45, 7) is 2.67. The van der Waals surface area contributed by atoms with Crippen LogP contribution < -0.4 is 10.2 Å². The molecule has 43 heavy (non-hydrogen) atoms. The van der Waals surface area contributed by atoms with Gasteiger partial charge in [-0.25, -0.2) is 0 Å². The zero-order valence-corrected chi connectivity index (χ0v) is 23.8. The Balaban J connectivity index is 1.58. The predicted octanol–water partition coefficient (Wildman–Crippen LogP) is 6.70. The molecule has 10 heteroatoms. The van der Waals surface area contributed by atoms with Crippen LogP contribution >= 0.6 is 0 Å². The van der Waals surface area contributed by atoms with Crippen LogP contribution in [0, 0.1) is 11.3 Å². The Labute approximate surface area is 249 Å². The predicted molar refractivity (Wildman–Crippen MR) is 159 cm³/mol. The third kappa shape index (κ3) is 8.69. The molecule has 0 aliphatic carbocycles. The molecule has 7 nitrogen and oxygen atoms in total. The lowest BCUT2D eigenvalue weighted by molar-refractivity contribution is -0.186. The number of rotatable bonds is 10. The van der Waals surface area contributed by atoms with Gasteiger partial charge < -0.3 is 19.9 Å². The fraction of sp³-hybridized carbons (Fsp3) is 0.303. The van der Waals surface area contributed by atoms with E-state index in [1.165, 1.54) is 6.92 Å². The lowest BCUT2D eigenvalue weighted by Gasteiger charge is -2.33. The summed E-state index contributed by atoms with van der Waals surface area (Å²) in [5.41, 5.74) is 4.37. The third-order valence-electron chi connectivity index (χ3n) is 7.19. The maximum Gasteiger partial charge on any atom is 0.471 e. The van der Waals surface area contributed by atoms with E-state index in [0.29, 0.717) is 49.5 Å². The van der Waals surface area contributed by atoms with Crippen LogP contribution in [0.5, 0.6) is 0 Å². The van der Waals surface area contributed by atoms with Crippen molar-refractivity contribution >= 4 is 28.9 Å². The molecule has 1 fully saturated rings. The Morgan fingerprint density at radius 1 is 1.05 bits per heavy atom. The van der Waals surface area contributed by atoms with E-state index >= 15 is 0 Å². The molecule has 2 amide bonds. The van der Waals surface area contributed by atoms with Crippen LogP contribution in [0.25, 0.3) is 0 Å². The average Bonchev–Trinajstić information content (AvgIpc) is 3.00. The maximum atomic E-state index is 12.9. The maximum absolute atomic E-state index is 12.9. The first-order valence-electron chi connectivity index (χ1n) is 14.0. The summed E-state index contributed by atoms with van der Waals surface area (Å²) in [5.74, 6) is -2.14. The van der Waals surface area contributed by atoms with Crippen LogP contribution in [-0.4, -0.2) is 49.1 Å². The Morgan fingerprint density at radius 3 is 2.47 bits per heavy atom. The third-order valence-corrected chi connectivity index (χ3v) is 7.19. The Hall–Kier alpha value is -4.62. The van der Waals surface area contributed by atoms with Crippen LogP contribution in [0.2, 0.25) is 0 Å². The molecule has 1 heterocycles. The number of anilines is 3. The van der Waals surface area contributed by atoms with Crippen LogP contribution in [0.4, 0.5) is 30.2 Å². The molecule has 0 aromatic heterocycles. The van der Waals surface area contributed by atoms with Crippen molar-refractivity contribution in [2.45, 2.75) is 38.5 Å². The SMILES string of the molecule is CC(=O)Nc1ccc(C2CCN(C(=O)C(F)(F)F)CC2)cc1N(C/C=C/COCc1ccccc1)c1cccc(C#N)c1. The number of carbonyl (C=O) groups excluding carboxylic acids is 2. The van der Waals surface area contributed by atoms with Crippen molar-refractivity contribution in [2.75, 3.05) is 36.5 Å². The van der Waals surface area contributed by atoms with Crippen LogP contribution in [0.1, 0.15) is 42.4 Å². The lowest BCUT2D eigenvalue weighted by Crippen LogP contribution is -2.45. The number of amides is 2. The summed E-state index contributed by atoms with van der Waals surface area (Å²) in [4.78, 5) is 26.6. The minimum atomic E-state index is -4.89. The molecule has 0 unspecified atom stereocenters. The minimum absolute atomic E-state index is 0.00540. The molecule has 0 bridgehead atoms. The molecule has 0 spiro atoms. The number of likely N-dealkylation sites (tertiary alicyclic amines) is 1. The van der Waals surface area contributed by atoms with Gasteiger partial charge >= 0.3 is 12.1 Å². The topological polar surface area (TPSA) is 85.7 Å². The normalized spacial score (nSPS) is 14.0. The highest BCUT2D eigenvalue weighted by atomic mass is 19.4. The number of nitrogens with one attached hydrogen (secondary N) is 1. The van der Waals surface area contributed by atoms with Crippen molar-refractivity contribution in [3.8, 4) is 6.07 Å². The van der Waals surface area contributed by atoms with Gasteiger partial charge in [-0.3, -0.25) is 9.59 Å². The molecule has 1 N–H and O–H groups in total. The molecule has 0 radical (unpaired) electrons. The summed E-state index contributed by atoms with van der Waals surface area (Å²) >= 11 is 0. The van der Waals surface area contributed by atoms with E-state index in [1.54, 1.807) is 24.3 Å².